The third-order valence-corrected chi connectivity index (χ3v) is 6.39. The van der Waals surface area contributed by atoms with Gasteiger partial charge in [0.25, 0.3) is 0 Å². The summed E-state index contributed by atoms with van der Waals surface area (Å²) in [6.07, 6.45) is 3.08. The molecule has 0 atom stereocenters. The van der Waals surface area contributed by atoms with Crippen molar-refractivity contribution in [2.24, 2.45) is 0 Å². The second-order valence-corrected chi connectivity index (χ2v) is 8.15. The van der Waals surface area contributed by atoms with Gasteiger partial charge in [-0.2, -0.15) is 0 Å². The predicted molar refractivity (Wildman–Crippen MR) is 120 cm³/mol. The Bertz CT molecular complexity index is 1010. The van der Waals surface area contributed by atoms with Gasteiger partial charge in [0.05, 0.1) is 16.9 Å². The van der Waals surface area contributed by atoms with E-state index in [9.17, 15) is 0 Å². The smallest absolute Gasteiger partial charge is 0.148 e. The molecule has 2 aromatic carbocycles. The number of benzene rings is 2. The van der Waals surface area contributed by atoms with Gasteiger partial charge in [-0.25, -0.2) is 9.97 Å². The molecular weight excluding hydrogens is 368 g/mol. The molecule has 0 radical (unpaired) electrons. The third kappa shape index (κ3) is 4.07. The van der Waals surface area contributed by atoms with Crippen LogP contribution in [0.1, 0.15) is 44.0 Å². The van der Waals surface area contributed by atoms with E-state index < -0.39 is 0 Å². The molecule has 0 amide bonds. The van der Waals surface area contributed by atoms with Crippen LogP contribution in [0.2, 0.25) is 0 Å². The van der Waals surface area contributed by atoms with Gasteiger partial charge in [0.2, 0.25) is 0 Å². The quantitative estimate of drug-likeness (QED) is 0.333. The van der Waals surface area contributed by atoms with Crippen LogP contribution in [0.25, 0.3) is 22.2 Å². The molecule has 1 aromatic heterocycles. The number of aryl methyl sites for hydroxylation is 3. The second kappa shape index (κ2) is 8.94. The second-order valence-electron chi connectivity index (χ2n) is 6.62. The Morgan fingerprint density at radius 2 is 1.59 bits per heavy atom. The lowest BCUT2D eigenvalue weighted by Crippen LogP contribution is -1.97. The third-order valence-electron chi connectivity index (χ3n) is 4.75. The number of nitrogens with zero attached hydrogens (tertiary/aromatic N) is 2. The van der Waals surface area contributed by atoms with Gasteiger partial charge in [-0.15, -0.1) is 11.8 Å². The zero-order valence-corrected chi connectivity index (χ0v) is 18.1. The Morgan fingerprint density at radius 1 is 0.926 bits per heavy atom. The highest BCUT2D eigenvalue weighted by Crippen LogP contribution is 2.35. The zero-order valence-electron chi connectivity index (χ0n) is 16.5. The van der Waals surface area contributed by atoms with Crippen LogP contribution in [0.3, 0.4) is 0 Å². The van der Waals surface area contributed by atoms with E-state index in [1.165, 1.54) is 21.6 Å². The van der Waals surface area contributed by atoms with Gasteiger partial charge < -0.3 is 0 Å². The van der Waals surface area contributed by atoms with Crippen LogP contribution in [-0.2, 0) is 12.8 Å². The maximum absolute atomic E-state index is 5.57. The predicted octanol–water partition coefficient (Wildman–Crippen LogP) is 6.96. The monoisotopic (exact) mass is 394 g/mol. The van der Waals surface area contributed by atoms with Crippen molar-refractivity contribution >= 4 is 34.9 Å². The number of para-hydroxylation sites is 1. The highest BCUT2D eigenvalue weighted by atomic mass is 32.2. The SMILES string of the molecule is CCCSc1cccc2c(-c3c(CC)cccc3CC)nc(C)c(=S)nc12. The Balaban J connectivity index is 2.45. The minimum atomic E-state index is 0.586. The van der Waals surface area contributed by atoms with Gasteiger partial charge in [0.1, 0.15) is 4.64 Å². The number of fused-ring (bicyclic) bond motifs is 1. The van der Waals surface area contributed by atoms with E-state index in [-0.39, 0.29) is 0 Å². The van der Waals surface area contributed by atoms with Crippen LogP contribution in [0.15, 0.2) is 41.3 Å². The molecule has 1 heterocycles. The fourth-order valence-electron chi connectivity index (χ4n) is 3.35. The first-order valence-electron chi connectivity index (χ1n) is 9.66. The summed E-state index contributed by atoms with van der Waals surface area (Å²) in [5.41, 5.74) is 6.71. The van der Waals surface area contributed by atoms with Crippen molar-refractivity contribution in [3.05, 3.63) is 57.9 Å². The molecule has 0 aliphatic carbocycles. The first-order valence-corrected chi connectivity index (χ1v) is 11.1. The summed E-state index contributed by atoms with van der Waals surface area (Å²) in [5, 5.41) is 1.09. The van der Waals surface area contributed by atoms with Gasteiger partial charge in [-0.1, -0.05) is 63.3 Å². The highest BCUT2D eigenvalue weighted by Gasteiger charge is 2.16. The fraction of sp³-hybridized carbons (Fsp3) is 0.348. The van der Waals surface area contributed by atoms with Crippen molar-refractivity contribution in [1.82, 2.24) is 9.97 Å². The van der Waals surface area contributed by atoms with Crippen LogP contribution >= 0.6 is 24.0 Å². The standard InChI is InChI=1S/C23H26N2S2/c1-5-14-27-19-13-9-12-18-21(19)25-23(26)15(4)24-22(18)20-16(6-2)10-8-11-17(20)7-3/h8-13H,5-7,14H2,1-4H3. The molecule has 0 saturated carbocycles. The molecule has 3 rings (SSSR count). The summed E-state index contributed by atoms with van der Waals surface area (Å²) in [4.78, 5) is 11.0. The Kier molecular flexibility index (Phi) is 6.61. The zero-order chi connectivity index (χ0) is 19.4. The van der Waals surface area contributed by atoms with Crippen LogP contribution in [0, 0.1) is 11.6 Å². The maximum atomic E-state index is 5.57. The van der Waals surface area contributed by atoms with Crippen molar-refractivity contribution in [2.75, 3.05) is 5.75 Å². The minimum Gasteiger partial charge on any atom is -0.249 e. The van der Waals surface area contributed by atoms with Crippen LogP contribution in [0.4, 0.5) is 0 Å². The maximum Gasteiger partial charge on any atom is 0.148 e. The number of hydrogen-bond acceptors (Lipinski definition) is 4. The summed E-state index contributed by atoms with van der Waals surface area (Å²) in [5.74, 6) is 1.07. The summed E-state index contributed by atoms with van der Waals surface area (Å²) in [6.45, 7) is 8.58. The molecule has 2 nitrogen and oxygen atoms in total. The average Bonchev–Trinajstić information content (AvgIpc) is 2.82. The Hall–Kier alpha value is -1.78. The van der Waals surface area contributed by atoms with Crippen molar-refractivity contribution in [1.29, 1.82) is 0 Å². The van der Waals surface area contributed by atoms with Gasteiger partial charge in [-0.05, 0) is 49.1 Å². The first kappa shape index (κ1) is 20.0. The highest BCUT2D eigenvalue weighted by molar-refractivity contribution is 7.99. The molecule has 27 heavy (non-hydrogen) atoms. The molecule has 0 saturated heterocycles. The summed E-state index contributed by atoms with van der Waals surface area (Å²) in [7, 11) is 0. The van der Waals surface area contributed by atoms with E-state index in [2.05, 4.69) is 57.2 Å². The summed E-state index contributed by atoms with van der Waals surface area (Å²) in [6, 6.07) is 13.0. The van der Waals surface area contributed by atoms with Gasteiger partial charge >= 0.3 is 0 Å². The van der Waals surface area contributed by atoms with Crippen LogP contribution < -0.4 is 0 Å². The lowest BCUT2D eigenvalue weighted by atomic mass is 9.93. The van der Waals surface area contributed by atoms with Crippen molar-refractivity contribution in [3.8, 4) is 11.3 Å². The number of hydrogen-bond donors (Lipinski definition) is 0. The van der Waals surface area contributed by atoms with Gasteiger partial charge in [-0.3, -0.25) is 0 Å². The van der Waals surface area contributed by atoms with E-state index in [0.29, 0.717) is 4.64 Å². The van der Waals surface area contributed by atoms with Gasteiger partial charge in [0.15, 0.2) is 0 Å². The van der Waals surface area contributed by atoms with Crippen molar-refractivity contribution in [3.63, 3.8) is 0 Å². The lowest BCUT2D eigenvalue weighted by Gasteiger charge is -2.14. The molecular formula is C23H26N2S2. The molecule has 0 spiro atoms. The topological polar surface area (TPSA) is 25.8 Å². The average molecular weight is 395 g/mol. The van der Waals surface area contributed by atoms with Crippen LogP contribution in [0.5, 0.6) is 0 Å². The van der Waals surface area contributed by atoms with E-state index in [0.717, 1.165) is 47.3 Å². The molecule has 0 aliphatic rings. The van der Waals surface area contributed by atoms with Crippen molar-refractivity contribution in [2.45, 2.75) is 51.9 Å². The number of rotatable bonds is 6. The molecule has 0 bridgehead atoms. The molecule has 3 aromatic rings. The Labute approximate surface area is 171 Å². The lowest BCUT2D eigenvalue weighted by molar-refractivity contribution is 1.08. The van der Waals surface area contributed by atoms with E-state index >= 15 is 0 Å². The summed E-state index contributed by atoms with van der Waals surface area (Å²) >= 11 is 7.42. The molecule has 4 heteroatoms. The summed E-state index contributed by atoms with van der Waals surface area (Å²) < 4.78 is 0.586. The Morgan fingerprint density at radius 3 is 2.22 bits per heavy atom. The molecule has 0 N–H and O–H groups in total. The molecule has 140 valence electrons. The molecule has 0 fully saturated rings. The minimum absolute atomic E-state index is 0.586. The fourth-order valence-corrected chi connectivity index (χ4v) is 4.38. The van der Waals surface area contributed by atoms with Crippen LogP contribution in [-0.4, -0.2) is 15.7 Å². The van der Waals surface area contributed by atoms with Gasteiger partial charge in [0, 0.05) is 15.8 Å². The first-order chi connectivity index (χ1) is 13.1. The van der Waals surface area contributed by atoms with E-state index in [4.69, 9.17) is 22.2 Å². The molecule has 0 aliphatic heterocycles. The van der Waals surface area contributed by atoms with E-state index in [1.54, 1.807) is 0 Å². The molecule has 0 unspecified atom stereocenters. The number of thioether (sulfide) groups is 1. The van der Waals surface area contributed by atoms with E-state index in [1.807, 2.05) is 18.7 Å². The van der Waals surface area contributed by atoms with Crippen molar-refractivity contribution < 1.29 is 0 Å². The largest absolute Gasteiger partial charge is 0.249 e. The number of aromatic nitrogens is 2. The normalized spacial score (nSPS) is 11.1.